The van der Waals surface area contributed by atoms with E-state index in [-0.39, 0.29) is 20.4 Å². The Balaban J connectivity index is 0.000000187. The van der Waals surface area contributed by atoms with Gasteiger partial charge >= 0.3 is 79.2 Å². The van der Waals surface area contributed by atoms with E-state index >= 15 is 0 Å². The third-order valence-electron chi connectivity index (χ3n) is 1.93. The molecule has 0 atom stereocenters. The molecule has 0 amide bonds. The number of nitrogens with zero attached hydrogens (tertiary/aromatic N) is 1. The molecule has 18 heavy (non-hydrogen) atoms. The number of hydrogen-bond acceptors (Lipinski definition) is 4. The van der Waals surface area contributed by atoms with Crippen LogP contribution in [0.15, 0.2) is 11.4 Å². The van der Waals surface area contributed by atoms with Gasteiger partial charge in [-0.2, -0.15) is 13.2 Å². The molecule has 0 saturated heterocycles. The number of fused-ring (bicyclic) bond motifs is 1. The molecule has 0 aromatic carbocycles. The molecule has 0 saturated carbocycles. The fourth-order valence-corrected chi connectivity index (χ4v) is 5.52. The van der Waals surface area contributed by atoms with E-state index in [9.17, 15) is 13.2 Å². The summed E-state index contributed by atoms with van der Waals surface area (Å²) in [5.41, 5.74) is -5.65. The van der Waals surface area contributed by atoms with Crippen molar-refractivity contribution < 1.29 is 30.7 Å². The molecule has 0 aliphatic rings. The molecular weight excluding hydrogens is 407 g/mol. The minimum atomic E-state index is -6.09. The van der Waals surface area contributed by atoms with Crippen LogP contribution in [0.4, 0.5) is 13.2 Å². The largest absolute Gasteiger partial charge is 0.741 e. The molecule has 0 spiro atoms. The van der Waals surface area contributed by atoms with Crippen LogP contribution in [0.5, 0.6) is 0 Å². The molecule has 2 aromatic heterocycles. The predicted octanol–water partition coefficient (Wildman–Crippen LogP) is 1.14. The molecule has 0 unspecified atom stereocenters. The van der Waals surface area contributed by atoms with Gasteiger partial charge in [0, 0.05) is 0 Å². The number of aryl methyl sites for hydroxylation is 2. The van der Waals surface area contributed by atoms with Crippen molar-refractivity contribution in [1.29, 1.82) is 0 Å². The molecule has 4 nitrogen and oxygen atoms in total. The Hall–Kier alpha value is -0.140. The summed E-state index contributed by atoms with van der Waals surface area (Å²) in [7, 11) is -3.92. The van der Waals surface area contributed by atoms with E-state index in [1.54, 1.807) is 7.11 Å². The number of aromatic nitrogens is 1. The summed E-state index contributed by atoms with van der Waals surface area (Å²) in [6.07, 6.45) is 0. The molecule has 2 heterocycles. The standard InChI is InChI=1S/C7H8NSTe.CHF3O3S/c1-5-8(2)7-6(10-5)3-4-9-7;2-1(3,4)8(5,6)7/h3-4H,1-2H3;(H,5,6,7)/q+1;/p-1. The molecule has 0 bridgehead atoms. The van der Waals surface area contributed by atoms with Crippen LogP contribution in [0.1, 0.15) is 3.71 Å². The van der Waals surface area contributed by atoms with E-state index in [0.29, 0.717) is 0 Å². The second-order valence-corrected chi connectivity index (χ2v) is 8.96. The van der Waals surface area contributed by atoms with E-state index in [1.807, 2.05) is 11.3 Å². The first-order valence-electron chi connectivity index (χ1n) is 4.39. The maximum Gasteiger partial charge on any atom is 0.485 e. The van der Waals surface area contributed by atoms with Crippen molar-refractivity contribution in [2.75, 3.05) is 0 Å². The van der Waals surface area contributed by atoms with Gasteiger partial charge < -0.3 is 4.55 Å². The van der Waals surface area contributed by atoms with Gasteiger partial charge in [0.2, 0.25) is 0 Å². The van der Waals surface area contributed by atoms with Crippen LogP contribution >= 0.6 is 11.3 Å². The van der Waals surface area contributed by atoms with E-state index in [1.165, 1.54) is 4.83 Å². The molecule has 0 aliphatic heterocycles. The summed E-state index contributed by atoms with van der Waals surface area (Å²) in [6.45, 7) is 2.24. The Kier molecular flexibility index (Phi) is 4.83. The van der Waals surface area contributed by atoms with Gasteiger partial charge in [-0.05, 0) is 0 Å². The van der Waals surface area contributed by atoms with Crippen LogP contribution in [0.25, 0.3) is 8.23 Å². The number of alkyl halides is 3. The normalized spacial score (nSPS) is 12.3. The molecule has 0 N–H and O–H groups in total. The number of halogens is 3. The molecule has 0 fully saturated rings. The minimum absolute atomic E-state index is 0.0395. The van der Waals surface area contributed by atoms with Crippen molar-refractivity contribution in [2.45, 2.75) is 12.4 Å². The van der Waals surface area contributed by atoms with Crippen LogP contribution in [0, 0.1) is 6.92 Å². The van der Waals surface area contributed by atoms with Gasteiger partial charge in [-0.25, -0.2) is 8.42 Å². The van der Waals surface area contributed by atoms with Gasteiger partial charge in [0.25, 0.3) is 0 Å². The Labute approximate surface area is 115 Å². The first kappa shape index (κ1) is 15.9. The van der Waals surface area contributed by atoms with E-state index in [4.69, 9.17) is 13.0 Å². The Morgan fingerprint density at radius 2 is 1.94 bits per heavy atom. The van der Waals surface area contributed by atoms with E-state index in [2.05, 4.69) is 30.0 Å². The summed E-state index contributed by atoms with van der Waals surface area (Å²) in [6, 6.07) is 2.27. The minimum Gasteiger partial charge on any atom is -0.741 e. The summed E-state index contributed by atoms with van der Waals surface area (Å²) in [4.78, 5) is 1.49. The van der Waals surface area contributed by atoms with Crippen LogP contribution in [0.2, 0.25) is 0 Å². The van der Waals surface area contributed by atoms with Crippen LogP contribution < -0.4 is 4.57 Å². The summed E-state index contributed by atoms with van der Waals surface area (Å²) in [5, 5.41) is 2.19. The second kappa shape index (κ2) is 5.46. The van der Waals surface area contributed by atoms with Crippen LogP contribution in [0.3, 0.4) is 0 Å². The molecule has 10 heteroatoms. The fourth-order valence-electron chi connectivity index (χ4n) is 0.982. The number of hydrogen-bond donors (Lipinski definition) is 0. The Bertz CT molecular complexity index is 644. The van der Waals surface area contributed by atoms with Gasteiger partial charge in [-0.3, -0.25) is 0 Å². The van der Waals surface area contributed by atoms with Crippen molar-refractivity contribution in [3.8, 4) is 0 Å². The second-order valence-electron chi connectivity index (χ2n) is 3.17. The van der Waals surface area contributed by atoms with Gasteiger partial charge in [0.15, 0.2) is 10.1 Å². The van der Waals surface area contributed by atoms with Crippen molar-refractivity contribution in [3.63, 3.8) is 0 Å². The molecule has 0 aliphatic carbocycles. The maximum atomic E-state index is 10.7. The van der Waals surface area contributed by atoms with Crippen molar-refractivity contribution in [2.24, 2.45) is 7.05 Å². The molecule has 2 aromatic rings. The smallest absolute Gasteiger partial charge is 0.485 e. The average molecular weight is 415 g/mol. The first-order valence-corrected chi connectivity index (χ1v) is 9.00. The Morgan fingerprint density at radius 3 is 2.33 bits per heavy atom. The maximum absolute atomic E-state index is 10.7. The fraction of sp³-hybridized carbons (Fsp3) is 0.375. The Morgan fingerprint density at radius 1 is 1.44 bits per heavy atom. The topological polar surface area (TPSA) is 61.1 Å². The quantitative estimate of drug-likeness (QED) is 0.281. The van der Waals surface area contributed by atoms with Gasteiger partial charge in [-0.1, -0.05) is 0 Å². The zero-order valence-electron chi connectivity index (χ0n) is 9.19. The van der Waals surface area contributed by atoms with Crippen molar-refractivity contribution in [3.05, 3.63) is 15.2 Å². The number of rotatable bonds is 0. The number of thiophene rings is 1. The average Bonchev–Trinajstić information content (AvgIpc) is 2.70. The third-order valence-corrected chi connectivity index (χ3v) is 7.08. The summed E-state index contributed by atoms with van der Waals surface area (Å²) >= 11 is 1.90. The third kappa shape index (κ3) is 3.68. The monoisotopic (exact) mass is 417 g/mol. The first-order chi connectivity index (χ1) is 8.04. The molecule has 102 valence electrons. The molecule has 2 rings (SSSR count). The van der Waals surface area contributed by atoms with E-state index < -0.39 is 15.6 Å². The van der Waals surface area contributed by atoms with Gasteiger partial charge in [-0.15, -0.1) is 0 Å². The van der Waals surface area contributed by atoms with Crippen LogP contribution in [-0.4, -0.2) is 38.9 Å². The summed E-state index contributed by atoms with van der Waals surface area (Å²) in [5.74, 6) is 0. The summed E-state index contributed by atoms with van der Waals surface area (Å²) < 4.78 is 64.4. The molecule has 0 radical (unpaired) electrons. The predicted molar refractivity (Wildman–Crippen MR) is 60.4 cm³/mol. The molecular formula is C8H8F3NO3S2Te. The zero-order valence-corrected chi connectivity index (χ0v) is 13.1. The van der Waals surface area contributed by atoms with Gasteiger partial charge in [0.1, 0.15) is 0 Å². The van der Waals surface area contributed by atoms with Crippen LogP contribution in [-0.2, 0) is 17.2 Å². The van der Waals surface area contributed by atoms with Crippen molar-refractivity contribution in [1.82, 2.24) is 0 Å². The SMILES string of the molecule is Cc1[te]c2ccsc2[n+]1C.O=S(=O)([O-])C(F)(F)F. The van der Waals surface area contributed by atoms with Crippen molar-refractivity contribution >= 4 is 50.1 Å². The van der Waals surface area contributed by atoms with E-state index in [0.717, 1.165) is 0 Å². The zero-order chi connectivity index (χ0) is 14.1. The van der Waals surface area contributed by atoms with Gasteiger partial charge in [0.05, 0.1) is 0 Å².